The smallest absolute Gasteiger partial charge is 0.269 e. The molecular formula is C21H17FN2O3. The van der Waals surface area contributed by atoms with Gasteiger partial charge in [-0.3, -0.25) is 20.4 Å². The Bertz CT molecular complexity index is 991. The number of carbonyl (C=O) groups is 2. The molecule has 2 aromatic carbocycles. The lowest BCUT2D eigenvalue weighted by molar-refractivity contribution is -0.117. The Morgan fingerprint density at radius 2 is 1.70 bits per heavy atom. The van der Waals surface area contributed by atoms with Crippen LogP contribution >= 0.6 is 0 Å². The van der Waals surface area contributed by atoms with E-state index in [9.17, 15) is 14.0 Å². The molecule has 0 unspecified atom stereocenters. The van der Waals surface area contributed by atoms with Crippen molar-refractivity contribution in [1.29, 1.82) is 0 Å². The Hall–Kier alpha value is -3.67. The third-order valence-corrected chi connectivity index (χ3v) is 3.78. The van der Waals surface area contributed by atoms with Gasteiger partial charge in [0.05, 0.1) is 5.56 Å². The molecule has 3 aromatic rings. The molecule has 27 heavy (non-hydrogen) atoms. The maximum absolute atomic E-state index is 13.8. The lowest BCUT2D eigenvalue weighted by atomic mass is 10.1. The van der Waals surface area contributed by atoms with Crippen molar-refractivity contribution in [3.05, 3.63) is 89.4 Å². The lowest BCUT2D eigenvalue weighted by Crippen LogP contribution is -2.40. The van der Waals surface area contributed by atoms with Gasteiger partial charge in [0.1, 0.15) is 17.3 Å². The van der Waals surface area contributed by atoms with E-state index in [1.54, 1.807) is 54.6 Å². The molecule has 2 N–H and O–H groups in total. The highest BCUT2D eigenvalue weighted by molar-refractivity contribution is 5.97. The summed E-state index contributed by atoms with van der Waals surface area (Å²) in [6.45, 7) is 1.92. The summed E-state index contributed by atoms with van der Waals surface area (Å²) in [7, 11) is 0. The quantitative estimate of drug-likeness (QED) is 0.545. The van der Waals surface area contributed by atoms with Crippen molar-refractivity contribution < 1.29 is 18.4 Å². The predicted octanol–water partition coefficient (Wildman–Crippen LogP) is 3.87. The van der Waals surface area contributed by atoms with E-state index in [2.05, 4.69) is 10.9 Å². The Morgan fingerprint density at radius 1 is 0.963 bits per heavy atom. The zero-order valence-corrected chi connectivity index (χ0v) is 14.5. The minimum atomic E-state index is -0.528. The van der Waals surface area contributed by atoms with Crippen LogP contribution in [0.1, 0.15) is 21.7 Å². The average molecular weight is 364 g/mol. The fraction of sp³-hybridized carbons (Fsp3) is 0.0476. The Labute approximate surface area is 155 Å². The highest BCUT2D eigenvalue weighted by atomic mass is 19.1. The van der Waals surface area contributed by atoms with Gasteiger partial charge >= 0.3 is 0 Å². The largest absolute Gasteiger partial charge is 0.457 e. The van der Waals surface area contributed by atoms with Crippen molar-refractivity contribution >= 4 is 17.9 Å². The molecule has 0 atom stereocenters. The first-order chi connectivity index (χ1) is 13.0. The molecule has 2 amide bonds. The molecule has 0 saturated carbocycles. The number of nitrogens with one attached hydrogen (secondary N) is 2. The Kier molecular flexibility index (Phi) is 5.47. The molecule has 0 fully saturated rings. The molecule has 5 nitrogen and oxygen atoms in total. The van der Waals surface area contributed by atoms with E-state index in [1.807, 2.05) is 6.92 Å². The number of aryl methyl sites for hydroxylation is 1. The molecule has 6 heteroatoms. The van der Waals surface area contributed by atoms with E-state index in [-0.39, 0.29) is 5.82 Å². The Morgan fingerprint density at radius 3 is 2.44 bits per heavy atom. The van der Waals surface area contributed by atoms with Crippen LogP contribution in [0.3, 0.4) is 0 Å². The van der Waals surface area contributed by atoms with Gasteiger partial charge in [-0.25, -0.2) is 4.39 Å². The van der Waals surface area contributed by atoms with Crippen molar-refractivity contribution in [1.82, 2.24) is 10.9 Å². The van der Waals surface area contributed by atoms with E-state index in [0.29, 0.717) is 22.6 Å². The van der Waals surface area contributed by atoms with Crippen molar-refractivity contribution in [2.24, 2.45) is 0 Å². The maximum atomic E-state index is 13.8. The molecule has 0 aliphatic rings. The van der Waals surface area contributed by atoms with E-state index >= 15 is 0 Å². The van der Waals surface area contributed by atoms with Crippen LogP contribution in [-0.2, 0) is 4.79 Å². The number of carbonyl (C=O) groups excluding carboxylic acids is 2. The Balaban J connectivity index is 1.57. The van der Waals surface area contributed by atoms with Crippen LogP contribution in [0.2, 0.25) is 0 Å². The molecule has 1 aromatic heterocycles. The number of hydrogen-bond acceptors (Lipinski definition) is 3. The van der Waals surface area contributed by atoms with E-state index in [1.165, 1.54) is 18.2 Å². The molecule has 0 radical (unpaired) electrons. The summed E-state index contributed by atoms with van der Waals surface area (Å²) in [6.07, 6.45) is 2.64. The molecule has 0 aliphatic heterocycles. The summed E-state index contributed by atoms with van der Waals surface area (Å²) in [5, 5.41) is 0. The third kappa shape index (κ3) is 4.70. The predicted molar refractivity (Wildman–Crippen MR) is 99.9 cm³/mol. The second-order valence-corrected chi connectivity index (χ2v) is 5.82. The van der Waals surface area contributed by atoms with E-state index in [4.69, 9.17) is 4.42 Å². The zero-order valence-electron chi connectivity index (χ0n) is 14.5. The average Bonchev–Trinajstić information content (AvgIpc) is 3.14. The molecule has 3 rings (SSSR count). The van der Waals surface area contributed by atoms with Crippen LogP contribution in [-0.4, -0.2) is 11.8 Å². The van der Waals surface area contributed by atoms with Crippen LogP contribution in [0.4, 0.5) is 4.39 Å². The van der Waals surface area contributed by atoms with Gasteiger partial charge in [-0.1, -0.05) is 29.8 Å². The normalized spacial score (nSPS) is 10.7. The topological polar surface area (TPSA) is 71.3 Å². The summed E-state index contributed by atoms with van der Waals surface area (Å²) in [4.78, 5) is 23.7. The fourth-order valence-corrected chi connectivity index (χ4v) is 2.34. The van der Waals surface area contributed by atoms with Gasteiger partial charge in [0.15, 0.2) is 0 Å². The maximum Gasteiger partial charge on any atom is 0.269 e. The monoisotopic (exact) mass is 364 g/mol. The molecule has 0 aliphatic carbocycles. The highest BCUT2D eigenvalue weighted by Gasteiger charge is 2.08. The van der Waals surface area contributed by atoms with Crippen molar-refractivity contribution in [2.45, 2.75) is 6.92 Å². The molecular weight excluding hydrogens is 347 g/mol. The third-order valence-electron chi connectivity index (χ3n) is 3.78. The van der Waals surface area contributed by atoms with Gasteiger partial charge in [-0.05, 0) is 49.4 Å². The number of halogens is 1. The molecule has 136 valence electrons. The van der Waals surface area contributed by atoms with Gasteiger partial charge < -0.3 is 4.42 Å². The lowest BCUT2D eigenvalue weighted by Gasteiger charge is -2.05. The van der Waals surface area contributed by atoms with Crippen molar-refractivity contribution in [3.63, 3.8) is 0 Å². The second kappa shape index (κ2) is 8.14. The van der Waals surface area contributed by atoms with Gasteiger partial charge in [-0.15, -0.1) is 0 Å². The highest BCUT2D eigenvalue weighted by Crippen LogP contribution is 2.25. The minimum absolute atomic E-state index is 0.340. The summed E-state index contributed by atoms with van der Waals surface area (Å²) in [5.74, 6) is -0.594. The number of hydrogen-bond donors (Lipinski definition) is 2. The number of benzene rings is 2. The van der Waals surface area contributed by atoms with Crippen LogP contribution < -0.4 is 10.9 Å². The number of furan rings is 1. The summed E-state index contributed by atoms with van der Waals surface area (Å²) < 4.78 is 19.3. The number of rotatable bonds is 4. The van der Waals surface area contributed by atoms with Gasteiger partial charge in [-0.2, -0.15) is 0 Å². The standard InChI is InChI=1S/C21H17FN2O3/c1-14-6-8-15(9-7-14)21(26)24-23-20(25)13-11-16-10-12-19(27-16)17-4-2-3-5-18(17)22/h2-13H,1H3,(H,23,25)(H,24,26)/b13-11+. The van der Waals surface area contributed by atoms with Crippen molar-refractivity contribution in [2.75, 3.05) is 0 Å². The van der Waals surface area contributed by atoms with Gasteiger partial charge in [0, 0.05) is 11.6 Å². The molecule has 1 heterocycles. The first-order valence-electron chi connectivity index (χ1n) is 8.23. The van der Waals surface area contributed by atoms with Crippen LogP contribution in [0.25, 0.3) is 17.4 Å². The van der Waals surface area contributed by atoms with Crippen LogP contribution in [0, 0.1) is 12.7 Å². The molecule has 0 saturated heterocycles. The summed E-state index contributed by atoms with van der Waals surface area (Å²) in [6, 6.07) is 16.4. The van der Waals surface area contributed by atoms with Crippen LogP contribution in [0.5, 0.6) is 0 Å². The fourth-order valence-electron chi connectivity index (χ4n) is 2.34. The van der Waals surface area contributed by atoms with Gasteiger partial charge in [0.25, 0.3) is 11.8 Å². The summed E-state index contributed by atoms with van der Waals surface area (Å²) in [5.41, 5.74) is 6.42. The van der Waals surface area contributed by atoms with Crippen LogP contribution in [0.15, 0.2) is 71.2 Å². The first-order valence-corrected chi connectivity index (χ1v) is 8.23. The second-order valence-electron chi connectivity index (χ2n) is 5.82. The van der Waals surface area contributed by atoms with Gasteiger partial charge in [0.2, 0.25) is 0 Å². The first kappa shape index (κ1) is 18.1. The summed E-state index contributed by atoms with van der Waals surface area (Å²) >= 11 is 0. The number of amides is 2. The van der Waals surface area contributed by atoms with Crippen molar-refractivity contribution in [3.8, 4) is 11.3 Å². The zero-order chi connectivity index (χ0) is 19.2. The number of hydrazine groups is 1. The minimum Gasteiger partial charge on any atom is -0.457 e. The molecule has 0 bridgehead atoms. The van der Waals surface area contributed by atoms with E-state index < -0.39 is 11.8 Å². The van der Waals surface area contributed by atoms with E-state index in [0.717, 1.165) is 5.56 Å². The molecule has 0 spiro atoms. The SMILES string of the molecule is Cc1ccc(C(=O)NNC(=O)/C=C/c2ccc(-c3ccccc3F)o2)cc1.